The number of imide groups is 1. The van der Waals surface area contributed by atoms with Crippen molar-refractivity contribution in [2.75, 3.05) is 51.3 Å². The van der Waals surface area contributed by atoms with E-state index in [0.717, 1.165) is 26.8 Å². The van der Waals surface area contributed by atoms with Crippen LogP contribution in [0.15, 0.2) is 140 Å². The third kappa shape index (κ3) is 25.9. The quantitative estimate of drug-likeness (QED) is 0.0114. The molecule has 626 valence electrons. The van der Waals surface area contributed by atoms with Gasteiger partial charge in [0.25, 0.3) is 5.91 Å². The van der Waals surface area contributed by atoms with E-state index in [1.165, 1.54) is 24.2 Å². The van der Waals surface area contributed by atoms with Gasteiger partial charge in [-0.15, -0.1) is 0 Å². The van der Waals surface area contributed by atoms with Gasteiger partial charge in [-0.3, -0.25) is 63.2 Å². The van der Waals surface area contributed by atoms with Crippen molar-refractivity contribution < 1.29 is 67.4 Å². The van der Waals surface area contributed by atoms with Gasteiger partial charge in [0, 0.05) is 100 Å². The summed E-state index contributed by atoms with van der Waals surface area (Å²) in [5, 5.41) is 48.6. The molecule has 1 aromatic heterocycles. The number of primary amides is 1. The molecular weight excluding hydrogens is 1520 g/mol. The fraction of sp³-hybridized carbons (Fsp3) is 0.452. The van der Waals surface area contributed by atoms with Crippen LogP contribution in [0, 0.1) is 11.3 Å². The Morgan fingerprint density at radius 1 is 0.615 bits per heavy atom. The van der Waals surface area contributed by atoms with Gasteiger partial charge in [0.2, 0.25) is 53.2 Å². The van der Waals surface area contributed by atoms with Crippen molar-refractivity contribution >= 4 is 105 Å². The number of aliphatic hydroxyl groups is 1. The minimum absolute atomic E-state index is 0.0166. The van der Waals surface area contributed by atoms with E-state index in [4.69, 9.17) is 33.2 Å². The molecule has 5 aromatic carbocycles. The minimum Gasteiger partial charge on any atom is -0.394 e. The smallest absolute Gasteiger partial charge is 0.325 e. The van der Waals surface area contributed by atoms with Crippen LogP contribution < -0.4 is 64.6 Å². The molecule has 32 nitrogen and oxygen atoms in total. The second-order valence-electron chi connectivity index (χ2n) is 30.8. The number of halogens is 1. The largest absolute Gasteiger partial charge is 0.394 e. The number of pyridine rings is 1. The molecule has 2 unspecified atom stereocenters. The Kier molecular flexibility index (Phi) is 32.7. The van der Waals surface area contributed by atoms with Crippen molar-refractivity contribution in [1.82, 2.24) is 72.4 Å². The summed E-state index contributed by atoms with van der Waals surface area (Å²) in [4.78, 5) is 184. The maximum atomic E-state index is 15.6. The fourth-order valence-electron chi connectivity index (χ4n) is 14.6. The predicted molar refractivity (Wildman–Crippen MR) is 440 cm³/mol. The molecule has 16 N–H and O–H groups in total. The summed E-state index contributed by atoms with van der Waals surface area (Å²) < 4.78 is 5.57. The number of nitrogens with zero attached hydrogens (tertiary/aromatic N) is 5. The number of rotatable bonds is 39. The summed E-state index contributed by atoms with van der Waals surface area (Å²) in [6, 6.07) is 21.1. The molecule has 10 atom stereocenters. The van der Waals surface area contributed by atoms with Gasteiger partial charge in [-0.05, 0) is 147 Å². The summed E-state index contributed by atoms with van der Waals surface area (Å²) in [6.07, 6.45) is 2.76. The zero-order chi connectivity index (χ0) is 84.6. The number of aromatic nitrogens is 1. The number of morpholine rings is 1. The normalized spacial score (nSPS) is 17.0. The Hall–Kier alpha value is -11.6. The summed E-state index contributed by atoms with van der Waals surface area (Å²) >= 11 is 6.29. The molecule has 14 amide bonds. The first-order chi connectivity index (χ1) is 55.9. The Balaban J connectivity index is 1.01. The highest BCUT2D eigenvalue weighted by atomic mass is 35.5. The highest BCUT2D eigenvalue weighted by Gasteiger charge is 2.46. The van der Waals surface area contributed by atoms with Crippen molar-refractivity contribution in [3.63, 3.8) is 0 Å². The molecule has 33 heteroatoms. The number of fused-ring (bicyclic) bond motifs is 1. The van der Waals surface area contributed by atoms with E-state index >= 15 is 24.0 Å². The number of hydrogen-bond donors (Lipinski definition) is 14. The predicted octanol–water partition coefficient (Wildman–Crippen LogP) is 3.36. The lowest BCUT2D eigenvalue weighted by Gasteiger charge is -2.31. The van der Waals surface area contributed by atoms with Gasteiger partial charge in [0.1, 0.15) is 60.4 Å². The summed E-state index contributed by atoms with van der Waals surface area (Å²) in [7, 11) is 0. The van der Waals surface area contributed by atoms with Gasteiger partial charge < -0.3 is 84.3 Å². The second-order valence-corrected chi connectivity index (χ2v) is 31.3. The Bertz CT molecular complexity index is 4470. The number of anilines is 1. The van der Waals surface area contributed by atoms with Crippen LogP contribution in [0.3, 0.4) is 0 Å². The van der Waals surface area contributed by atoms with Gasteiger partial charge in [0.15, 0.2) is 5.96 Å². The van der Waals surface area contributed by atoms with E-state index in [1.807, 2.05) is 82.3 Å². The van der Waals surface area contributed by atoms with Crippen molar-refractivity contribution in [3.8, 4) is 0 Å². The van der Waals surface area contributed by atoms with Gasteiger partial charge in [-0.25, -0.2) is 14.5 Å². The van der Waals surface area contributed by atoms with Crippen molar-refractivity contribution in [2.45, 2.75) is 192 Å². The van der Waals surface area contributed by atoms with Crippen LogP contribution in [-0.2, 0) is 91.3 Å². The van der Waals surface area contributed by atoms with E-state index in [9.17, 15) is 38.7 Å². The molecule has 4 heterocycles. The molecule has 0 radical (unpaired) electrons. The van der Waals surface area contributed by atoms with Crippen molar-refractivity contribution in [2.24, 2.45) is 17.4 Å². The van der Waals surface area contributed by atoms with Crippen molar-refractivity contribution in [3.05, 3.63) is 178 Å². The van der Waals surface area contributed by atoms with Crippen LogP contribution in [0.2, 0.25) is 5.02 Å². The highest BCUT2D eigenvalue weighted by Crippen LogP contribution is 2.26. The minimum atomic E-state index is -1.86. The molecule has 0 saturated carbocycles. The number of likely N-dealkylation sites (tertiary alicyclic amines) is 1. The summed E-state index contributed by atoms with van der Waals surface area (Å²) in [6.45, 7) is 14.8. The van der Waals surface area contributed by atoms with Gasteiger partial charge in [-0.2, -0.15) is 0 Å². The molecule has 117 heavy (non-hydrogen) atoms. The lowest BCUT2D eigenvalue weighted by atomic mass is 9.99. The molecule has 9 rings (SSSR count). The van der Waals surface area contributed by atoms with Crippen LogP contribution in [0.1, 0.15) is 114 Å². The zero-order valence-electron chi connectivity index (χ0n) is 67.0. The molecule has 0 bridgehead atoms. The van der Waals surface area contributed by atoms with Gasteiger partial charge >= 0.3 is 12.1 Å². The second kappa shape index (κ2) is 42.8. The molecule has 3 saturated heterocycles. The molecule has 6 aromatic rings. The van der Waals surface area contributed by atoms with E-state index < -0.39 is 132 Å². The Morgan fingerprint density at radius 2 is 1.15 bits per heavy atom. The standard InChI is InChI=1S/C84H109ClN18O14/c1-49(2)39-64(73(106)93-63(16-11-33-90-82(87)88)80(113)101-34-12-17-70(101)78(111)91-52(7)72(86)105)94-74(107)65(42-54-25-30-62(31-26-54)92-83(115)102(50(3)4)51(5)6)95-75(108)66(41-53-18-20-56(21-19-53)47-100-35-37-117-38-36-100)96-77(110)69(48-104)98-76(109)67(44-58-13-10-32-89-46-58)97-79(112)71(45-55-23-28-61(85)29-24-55)103-81(114)68(99-84(103)116)43-57-22-27-59-14-8-9-15-60(59)40-57/h8-10,13-15,18-32,40,46,49-52,63-71,104H,11-12,16-17,33-39,41-45,47-48H2,1-7H3,(H2,86,105)(H,91,111)(H,92,115)(H,93,106)(H,94,107)(H,95,108)(H,96,110)(H,97,112)(H,98,109)(H,99,116)(H4,87,88,90)/t52-,63+,64+,65-,66+,67-,68?,69+,70+,71?/m1/s1. The van der Waals surface area contributed by atoms with Crippen LogP contribution in [0.4, 0.5) is 15.3 Å². The number of ether oxygens (including phenoxy) is 1. The maximum absolute atomic E-state index is 15.6. The van der Waals surface area contributed by atoms with Crippen molar-refractivity contribution in [1.29, 1.82) is 5.41 Å². The number of urea groups is 2. The van der Waals surface area contributed by atoms with Crippen LogP contribution in [0.25, 0.3) is 10.8 Å². The topological polar surface area (TPSA) is 456 Å². The zero-order valence-corrected chi connectivity index (χ0v) is 67.8. The number of carbonyl (C=O) groups excluding carboxylic acids is 12. The van der Waals surface area contributed by atoms with Crippen LogP contribution in [0.5, 0.6) is 0 Å². The number of hydrogen-bond acceptors (Lipinski definition) is 17. The summed E-state index contributed by atoms with van der Waals surface area (Å²) in [5.74, 6) is -9.12. The van der Waals surface area contributed by atoms with E-state index in [0.29, 0.717) is 72.2 Å². The first-order valence-electron chi connectivity index (χ1n) is 39.6. The van der Waals surface area contributed by atoms with Crippen LogP contribution >= 0.6 is 11.6 Å². The van der Waals surface area contributed by atoms with E-state index in [2.05, 4.69) is 63.1 Å². The monoisotopic (exact) mass is 1630 g/mol. The molecule has 3 aliphatic rings. The first kappa shape index (κ1) is 89.3. The molecule has 3 aliphatic heterocycles. The highest BCUT2D eigenvalue weighted by molar-refractivity contribution is 6.30. The first-order valence-corrected chi connectivity index (χ1v) is 40.0. The average molecular weight is 1630 g/mol. The average Bonchev–Trinajstić information content (AvgIpc) is 1.64. The summed E-state index contributed by atoms with van der Waals surface area (Å²) in [5.41, 5.74) is 15.0. The molecule has 0 aliphatic carbocycles. The lowest BCUT2D eigenvalue weighted by molar-refractivity contribution is -0.142. The van der Waals surface area contributed by atoms with Crippen LogP contribution in [-0.4, -0.2) is 225 Å². The number of benzene rings is 5. The Labute approximate surface area is 685 Å². The molecule has 3 fully saturated rings. The van der Waals surface area contributed by atoms with E-state index in [1.54, 1.807) is 91.5 Å². The number of aliphatic hydroxyl groups excluding tert-OH is 1. The molecular formula is C84H109ClN18O14. The number of carbonyl (C=O) groups is 12. The Morgan fingerprint density at radius 3 is 1.74 bits per heavy atom. The third-order valence-corrected chi connectivity index (χ3v) is 20.9. The maximum Gasteiger partial charge on any atom is 0.325 e. The van der Waals surface area contributed by atoms with E-state index in [-0.39, 0.29) is 101 Å². The molecule has 0 spiro atoms. The fourth-order valence-corrected chi connectivity index (χ4v) is 14.7. The lowest BCUT2D eigenvalue weighted by Crippen LogP contribution is -2.61. The number of amides is 14. The van der Waals surface area contributed by atoms with Gasteiger partial charge in [0.05, 0.1) is 19.8 Å². The number of guanidine groups is 1. The SMILES string of the molecule is CC(C)C[C@H](NC(=O)[C@@H](Cc1ccc(NC(=O)N(C(C)C)C(C)C)cc1)NC(=O)[C@H](Cc1ccc(CN2CCOCC2)cc1)NC(=O)[C@H](CO)NC(=O)[C@@H](Cc1cccnc1)NC(=O)C(Cc1ccc(Cl)cc1)N1C(=O)NC(Cc2ccc3ccccc3c2)C1=O)C(=O)N[C@@H](CCCNC(=N)N)C(=O)N1CCC[C@H]1C(=O)N[C@H](C)C(N)=O. The number of nitrogens with two attached hydrogens (primary N) is 2. The third-order valence-electron chi connectivity index (χ3n) is 20.7. The van der Waals surface area contributed by atoms with Gasteiger partial charge in [-0.1, -0.05) is 123 Å². The number of nitrogens with one attached hydrogen (secondary N) is 11.